The zero-order valence-electron chi connectivity index (χ0n) is 23.0. The van der Waals surface area contributed by atoms with Crippen molar-refractivity contribution in [3.05, 3.63) is 89.1 Å². The molecule has 4 aromatic rings. The molecular formula is C32H35N3O4. The fourth-order valence-corrected chi connectivity index (χ4v) is 5.27. The first-order valence-corrected chi connectivity index (χ1v) is 13.5. The SMILES string of the molecule is CCN(CC)CCOc1ccc2c(c1)C(C)(C)c1[nH]c3cc(NC(=O)COc4ccccc4)ccc3c1C2=O. The van der Waals surface area contributed by atoms with E-state index in [2.05, 4.69) is 42.9 Å². The molecule has 39 heavy (non-hydrogen) atoms. The van der Waals surface area contributed by atoms with Gasteiger partial charge >= 0.3 is 0 Å². The Balaban J connectivity index is 1.36. The second-order valence-electron chi connectivity index (χ2n) is 10.3. The van der Waals surface area contributed by atoms with Gasteiger partial charge in [-0.1, -0.05) is 52.0 Å². The molecule has 1 aliphatic rings. The summed E-state index contributed by atoms with van der Waals surface area (Å²) in [6.07, 6.45) is 0. The molecule has 1 aromatic heterocycles. The average molecular weight is 526 g/mol. The van der Waals surface area contributed by atoms with E-state index in [0.29, 0.717) is 29.2 Å². The summed E-state index contributed by atoms with van der Waals surface area (Å²) in [5, 5.41) is 3.73. The molecule has 7 heteroatoms. The third kappa shape index (κ3) is 5.27. The van der Waals surface area contributed by atoms with Crippen molar-refractivity contribution in [1.29, 1.82) is 0 Å². The summed E-state index contributed by atoms with van der Waals surface area (Å²) in [4.78, 5) is 32.0. The van der Waals surface area contributed by atoms with Gasteiger partial charge in [-0.2, -0.15) is 0 Å². The highest BCUT2D eigenvalue weighted by molar-refractivity contribution is 6.20. The number of aromatic nitrogens is 1. The fraction of sp³-hybridized carbons (Fsp3) is 0.312. The number of aromatic amines is 1. The molecule has 1 amide bonds. The number of nitrogens with one attached hydrogen (secondary N) is 2. The maximum Gasteiger partial charge on any atom is 0.262 e. The number of likely N-dealkylation sites (N-methyl/N-ethyl adjacent to an activating group) is 1. The van der Waals surface area contributed by atoms with Crippen LogP contribution < -0.4 is 14.8 Å². The van der Waals surface area contributed by atoms with Gasteiger partial charge in [-0.25, -0.2) is 0 Å². The lowest BCUT2D eigenvalue weighted by Crippen LogP contribution is -2.30. The Morgan fingerprint density at radius 1 is 0.949 bits per heavy atom. The van der Waals surface area contributed by atoms with Crippen LogP contribution in [0.5, 0.6) is 11.5 Å². The minimum atomic E-state index is -0.442. The van der Waals surface area contributed by atoms with Gasteiger partial charge in [0, 0.05) is 39.8 Å². The van der Waals surface area contributed by atoms with Gasteiger partial charge in [-0.05, 0) is 61.1 Å². The molecule has 0 radical (unpaired) electrons. The van der Waals surface area contributed by atoms with Crippen LogP contribution in [0.4, 0.5) is 5.69 Å². The van der Waals surface area contributed by atoms with E-state index in [1.807, 2.05) is 54.6 Å². The molecule has 0 atom stereocenters. The molecule has 0 spiro atoms. The molecule has 202 valence electrons. The van der Waals surface area contributed by atoms with E-state index >= 15 is 0 Å². The first-order chi connectivity index (χ1) is 18.8. The normalized spacial score (nSPS) is 13.7. The number of H-pyrrole nitrogens is 1. The number of para-hydroxylation sites is 1. The Morgan fingerprint density at radius 3 is 2.46 bits per heavy atom. The van der Waals surface area contributed by atoms with Crippen molar-refractivity contribution in [1.82, 2.24) is 9.88 Å². The van der Waals surface area contributed by atoms with Crippen LogP contribution >= 0.6 is 0 Å². The lowest BCUT2D eigenvalue weighted by atomic mass is 9.71. The van der Waals surface area contributed by atoms with Gasteiger partial charge in [-0.3, -0.25) is 9.59 Å². The van der Waals surface area contributed by atoms with E-state index in [1.54, 1.807) is 12.1 Å². The zero-order valence-corrected chi connectivity index (χ0v) is 23.0. The topological polar surface area (TPSA) is 83.7 Å². The Labute approximate surface area is 229 Å². The van der Waals surface area contributed by atoms with Crippen molar-refractivity contribution in [2.45, 2.75) is 33.1 Å². The van der Waals surface area contributed by atoms with E-state index in [4.69, 9.17) is 9.47 Å². The monoisotopic (exact) mass is 525 g/mol. The molecular weight excluding hydrogens is 490 g/mol. The first-order valence-electron chi connectivity index (χ1n) is 13.5. The van der Waals surface area contributed by atoms with Crippen molar-refractivity contribution < 1.29 is 19.1 Å². The van der Waals surface area contributed by atoms with Gasteiger partial charge < -0.3 is 24.7 Å². The Hall–Kier alpha value is -4.10. The van der Waals surface area contributed by atoms with E-state index in [9.17, 15) is 9.59 Å². The predicted molar refractivity (Wildman–Crippen MR) is 154 cm³/mol. The smallest absolute Gasteiger partial charge is 0.262 e. The van der Waals surface area contributed by atoms with Gasteiger partial charge in [0.15, 0.2) is 12.4 Å². The van der Waals surface area contributed by atoms with E-state index in [1.165, 1.54) is 0 Å². The highest BCUT2D eigenvalue weighted by atomic mass is 16.5. The number of rotatable bonds is 10. The molecule has 0 unspecified atom stereocenters. The van der Waals surface area contributed by atoms with Crippen molar-refractivity contribution >= 4 is 28.3 Å². The Morgan fingerprint density at radius 2 is 1.72 bits per heavy atom. The number of carbonyl (C=O) groups is 2. The molecule has 2 N–H and O–H groups in total. The van der Waals surface area contributed by atoms with Crippen LogP contribution in [-0.2, 0) is 10.2 Å². The van der Waals surface area contributed by atoms with Crippen LogP contribution in [0.1, 0.15) is 54.9 Å². The van der Waals surface area contributed by atoms with Gasteiger partial charge in [0.05, 0.1) is 5.56 Å². The number of amides is 1. The molecule has 7 nitrogen and oxygen atoms in total. The van der Waals surface area contributed by atoms with Crippen LogP contribution in [0.3, 0.4) is 0 Å². The second kappa shape index (κ2) is 10.9. The van der Waals surface area contributed by atoms with Crippen molar-refractivity contribution in [2.24, 2.45) is 0 Å². The predicted octanol–water partition coefficient (Wildman–Crippen LogP) is 5.78. The standard InChI is InChI=1S/C32H35N3O4/c1-5-35(6-2)16-17-38-23-13-15-24-26(19-23)32(3,4)31-29(30(24)37)25-14-12-21(18-27(25)34-31)33-28(36)20-39-22-10-8-7-9-11-22/h7-15,18-19,34H,5-6,16-17,20H2,1-4H3,(H,33,36). The quantitative estimate of drug-likeness (QED) is 0.274. The largest absolute Gasteiger partial charge is 0.492 e. The van der Waals surface area contributed by atoms with Gasteiger partial charge in [0.25, 0.3) is 5.91 Å². The van der Waals surface area contributed by atoms with Crippen LogP contribution in [0.25, 0.3) is 10.9 Å². The number of hydrogen-bond donors (Lipinski definition) is 2. The summed E-state index contributed by atoms with van der Waals surface area (Å²) in [5.74, 6) is 1.14. The molecule has 0 aliphatic heterocycles. The summed E-state index contributed by atoms with van der Waals surface area (Å²) in [6.45, 7) is 11.9. The summed E-state index contributed by atoms with van der Waals surface area (Å²) < 4.78 is 11.6. The number of hydrogen-bond acceptors (Lipinski definition) is 5. The molecule has 1 aliphatic carbocycles. The van der Waals surface area contributed by atoms with Crippen LogP contribution in [0.15, 0.2) is 66.7 Å². The van der Waals surface area contributed by atoms with Crippen LogP contribution in [-0.4, -0.2) is 54.4 Å². The lowest BCUT2D eigenvalue weighted by molar-refractivity contribution is -0.118. The van der Waals surface area contributed by atoms with Crippen molar-refractivity contribution in [3.8, 4) is 11.5 Å². The van der Waals surface area contributed by atoms with E-state index in [0.717, 1.165) is 47.5 Å². The summed E-state index contributed by atoms with van der Waals surface area (Å²) in [6, 6.07) is 20.6. The van der Waals surface area contributed by atoms with Crippen LogP contribution in [0, 0.1) is 0 Å². The number of anilines is 1. The van der Waals surface area contributed by atoms with Gasteiger partial charge in [-0.15, -0.1) is 0 Å². The van der Waals surface area contributed by atoms with E-state index < -0.39 is 5.41 Å². The maximum absolute atomic E-state index is 13.7. The Bertz CT molecular complexity index is 1500. The Kier molecular flexibility index (Phi) is 7.44. The highest BCUT2D eigenvalue weighted by Crippen LogP contribution is 2.45. The zero-order chi connectivity index (χ0) is 27.6. The van der Waals surface area contributed by atoms with Gasteiger partial charge in [0.1, 0.15) is 18.1 Å². The molecule has 0 saturated carbocycles. The number of ketones is 1. The maximum atomic E-state index is 13.7. The molecule has 5 rings (SSSR count). The number of benzene rings is 3. The average Bonchev–Trinajstić information content (AvgIpc) is 3.34. The van der Waals surface area contributed by atoms with Crippen LogP contribution in [0.2, 0.25) is 0 Å². The number of carbonyl (C=O) groups excluding carboxylic acids is 2. The van der Waals surface area contributed by atoms with Gasteiger partial charge in [0.2, 0.25) is 0 Å². The minimum Gasteiger partial charge on any atom is -0.492 e. The number of ether oxygens (including phenoxy) is 2. The molecule has 0 bridgehead atoms. The van der Waals surface area contributed by atoms with Crippen molar-refractivity contribution in [2.75, 3.05) is 38.2 Å². The third-order valence-electron chi connectivity index (χ3n) is 7.53. The molecule has 0 saturated heterocycles. The summed E-state index contributed by atoms with van der Waals surface area (Å²) >= 11 is 0. The molecule has 1 heterocycles. The summed E-state index contributed by atoms with van der Waals surface area (Å²) in [7, 11) is 0. The second-order valence-corrected chi connectivity index (χ2v) is 10.3. The van der Waals surface area contributed by atoms with Crippen molar-refractivity contribution in [3.63, 3.8) is 0 Å². The van der Waals surface area contributed by atoms with E-state index in [-0.39, 0.29) is 18.3 Å². The third-order valence-corrected chi connectivity index (χ3v) is 7.53. The molecule has 0 fully saturated rings. The number of fused-ring (bicyclic) bond motifs is 4. The highest BCUT2D eigenvalue weighted by Gasteiger charge is 2.39. The minimum absolute atomic E-state index is 0.00619. The lowest BCUT2D eigenvalue weighted by Gasteiger charge is -2.32. The fourth-order valence-electron chi connectivity index (χ4n) is 5.27. The number of nitrogens with zero attached hydrogens (tertiary/aromatic N) is 1. The summed E-state index contributed by atoms with van der Waals surface area (Å²) in [5.41, 5.74) is 4.18. The molecule has 3 aromatic carbocycles. The first kappa shape index (κ1) is 26.5.